The molecule has 0 aliphatic heterocycles. The van der Waals surface area contributed by atoms with Crippen molar-refractivity contribution in [2.45, 2.75) is 4.90 Å². The van der Waals surface area contributed by atoms with E-state index in [1.165, 1.54) is 12.1 Å². The molecule has 0 aromatic heterocycles. The average Bonchev–Trinajstić information content (AvgIpc) is 2.16. The maximum Gasteiger partial charge on any atom is 0.240 e. The summed E-state index contributed by atoms with van der Waals surface area (Å²) in [6.07, 6.45) is 0. The normalized spacial score (nSPS) is 11.5. The Labute approximate surface area is 82.8 Å². The number of alkyl halides is 1. The van der Waals surface area contributed by atoms with Crippen LogP contribution in [-0.2, 0) is 10.0 Å². The van der Waals surface area contributed by atoms with Gasteiger partial charge in [-0.2, -0.15) is 0 Å². The second-order valence-corrected chi connectivity index (χ2v) is 4.54. The lowest BCUT2D eigenvalue weighted by atomic mass is 10.4. The Hall–Kier alpha value is -0.580. The van der Waals surface area contributed by atoms with Crippen LogP contribution in [0.25, 0.3) is 0 Å². The molecule has 0 fully saturated rings. The molecule has 0 atom stereocenters. The van der Waals surface area contributed by atoms with Crippen LogP contribution in [0.5, 0.6) is 0 Å². The van der Waals surface area contributed by atoms with E-state index in [1.807, 2.05) is 0 Å². The Balaban J connectivity index is 2.83. The maximum atomic E-state index is 11.4. The zero-order valence-corrected chi connectivity index (χ0v) is 8.48. The van der Waals surface area contributed by atoms with Gasteiger partial charge in [0.1, 0.15) is 0 Å². The van der Waals surface area contributed by atoms with Crippen molar-refractivity contribution in [3.8, 4) is 0 Å². The Morgan fingerprint density at radius 3 is 2.38 bits per heavy atom. The largest absolute Gasteiger partial charge is 0.240 e. The van der Waals surface area contributed by atoms with Gasteiger partial charge < -0.3 is 0 Å². The molecule has 1 N–H and O–H groups in total. The van der Waals surface area contributed by atoms with Crippen LogP contribution in [0.15, 0.2) is 35.2 Å². The van der Waals surface area contributed by atoms with Gasteiger partial charge in [0.15, 0.2) is 0 Å². The number of hydrogen-bond acceptors (Lipinski definition) is 2. The first kappa shape index (κ1) is 10.5. The number of sulfonamides is 1. The molecule has 5 heteroatoms. The van der Waals surface area contributed by atoms with Gasteiger partial charge in [0, 0.05) is 12.4 Å². The molecule has 1 aromatic carbocycles. The Kier molecular flexibility index (Phi) is 3.71. The van der Waals surface area contributed by atoms with Crippen LogP contribution in [-0.4, -0.2) is 20.8 Å². The molecule has 0 spiro atoms. The van der Waals surface area contributed by atoms with Crippen molar-refractivity contribution in [1.29, 1.82) is 0 Å². The highest BCUT2D eigenvalue weighted by Crippen LogP contribution is 2.06. The molecule has 0 saturated carbocycles. The number of halogens is 1. The third-order valence-corrected chi connectivity index (χ3v) is 3.11. The van der Waals surface area contributed by atoms with E-state index in [0.717, 1.165) is 0 Å². The molecule has 1 rings (SSSR count). The molecule has 0 heterocycles. The van der Waals surface area contributed by atoms with Crippen molar-refractivity contribution < 1.29 is 8.42 Å². The van der Waals surface area contributed by atoms with E-state index in [2.05, 4.69) is 4.72 Å². The first-order valence-corrected chi connectivity index (χ1v) is 5.79. The van der Waals surface area contributed by atoms with E-state index in [1.54, 1.807) is 18.2 Å². The number of rotatable bonds is 4. The van der Waals surface area contributed by atoms with E-state index < -0.39 is 10.0 Å². The standard InChI is InChI=1S/C8H10ClNO2S/c9-6-7-10-13(11,12)8-4-2-1-3-5-8/h1-5,10H,6-7H2. The summed E-state index contributed by atoms with van der Waals surface area (Å²) in [7, 11) is -3.36. The second kappa shape index (κ2) is 4.60. The fourth-order valence-electron chi connectivity index (χ4n) is 0.856. The van der Waals surface area contributed by atoms with Gasteiger partial charge in [-0.3, -0.25) is 0 Å². The Morgan fingerprint density at radius 2 is 1.85 bits per heavy atom. The Bertz CT molecular complexity index is 350. The van der Waals surface area contributed by atoms with Crippen LogP contribution in [0.3, 0.4) is 0 Å². The molecule has 0 aliphatic rings. The van der Waals surface area contributed by atoms with Gasteiger partial charge in [0.05, 0.1) is 4.90 Å². The lowest BCUT2D eigenvalue weighted by Gasteiger charge is -2.03. The highest BCUT2D eigenvalue weighted by atomic mass is 35.5. The summed E-state index contributed by atoms with van der Waals surface area (Å²) >= 11 is 5.37. The van der Waals surface area contributed by atoms with Crippen LogP contribution < -0.4 is 4.72 Å². The quantitative estimate of drug-likeness (QED) is 0.774. The Morgan fingerprint density at radius 1 is 1.23 bits per heavy atom. The highest BCUT2D eigenvalue weighted by Gasteiger charge is 2.10. The third kappa shape index (κ3) is 2.99. The lowest BCUT2D eigenvalue weighted by Crippen LogP contribution is -2.25. The van der Waals surface area contributed by atoms with Crippen LogP contribution in [0.2, 0.25) is 0 Å². The van der Waals surface area contributed by atoms with Crippen molar-refractivity contribution in [3.05, 3.63) is 30.3 Å². The van der Waals surface area contributed by atoms with Crippen molar-refractivity contribution in [3.63, 3.8) is 0 Å². The van der Waals surface area contributed by atoms with E-state index in [9.17, 15) is 8.42 Å². The minimum absolute atomic E-state index is 0.249. The molecule has 0 radical (unpaired) electrons. The predicted octanol–water partition coefficient (Wildman–Crippen LogP) is 1.20. The van der Waals surface area contributed by atoms with E-state index in [0.29, 0.717) is 0 Å². The maximum absolute atomic E-state index is 11.4. The first-order chi connectivity index (χ1) is 6.17. The SMILES string of the molecule is O=S(=O)(NCCCl)c1ccccc1. The van der Waals surface area contributed by atoms with Crippen LogP contribution >= 0.6 is 11.6 Å². The summed E-state index contributed by atoms with van der Waals surface area (Å²) in [5.41, 5.74) is 0. The topological polar surface area (TPSA) is 46.2 Å². The van der Waals surface area contributed by atoms with E-state index in [-0.39, 0.29) is 17.3 Å². The first-order valence-electron chi connectivity index (χ1n) is 3.77. The van der Waals surface area contributed by atoms with Crippen molar-refractivity contribution in [2.75, 3.05) is 12.4 Å². The van der Waals surface area contributed by atoms with Gasteiger partial charge in [0.2, 0.25) is 10.0 Å². The van der Waals surface area contributed by atoms with Crippen LogP contribution in [0.1, 0.15) is 0 Å². The minimum Gasteiger partial charge on any atom is -0.210 e. The molecular formula is C8H10ClNO2S. The smallest absolute Gasteiger partial charge is 0.210 e. The van der Waals surface area contributed by atoms with Gasteiger partial charge in [0.25, 0.3) is 0 Å². The number of hydrogen-bond donors (Lipinski definition) is 1. The summed E-state index contributed by atoms with van der Waals surface area (Å²) < 4.78 is 25.2. The summed E-state index contributed by atoms with van der Waals surface area (Å²) in [5.74, 6) is 0.270. The van der Waals surface area contributed by atoms with Gasteiger partial charge in [-0.05, 0) is 12.1 Å². The van der Waals surface area contributed by atoms with Gasteiger partial charge in [-0.25, -0.2) is 13.1 Å². The minimum atomic E-state index is -3.36. The number of benzene rings is 1. The summed E-state index contributed by atoms with van der Waals surface area (Å²) in [6, 6.07) is 8.19. The molecule has 0 amide bonds. The third-order valence-electron chi connectivity index (χ3n) is 1.44. The molecule has 0 saturated heterocycles. The molecule has 72 valence electrons. The van der Waals surface area contributed by atoms with E-state index in [4.69, 9.17) is 11.6 Å². The fraction of sp³-hybridized carbons (Fsp3) is 0.250. The molecule has 0 bridgehead atoms. The predicted molar refractivity (Wildman–Crippen MR) is 52.4 cm³/mol. The summed E-state index contributed by atoms with van der Waals surface area (Å²) in [5, 5.41) is 0. The molecule has 3 nitrogen and oxygen atoms in total. The highest BCUT2D eigenvalue weighted by molar-refractivity contribution is 7.89. The van der Waals surface area contributed by atoms with Gasteiger partial charge in [-0.1, -0.05) is 18.2 Å². The fourth-order valence-corrected chi connectivity index (χ4v) is 2.12. The zero-order chi connectivity index (χ0) is 9.73. The number of nitrogens with one attached hydrogen (secondary N) is 1. The zero-order valence-electron chi connectivity index (χ0n) is 6.90. The second-order valence-electron chi connectivity index (χ2n) is 2.40. The lowest BCUT2D eigenvalue weighted by molar-refractivity contribution is 0.584. The molecular weight excluding hydrogens is 210 g/mol. The van der Waals surface area contributed by atoms with Crippen molar-refractivity contribution in [1.82, 2.24) is 4.72 Å². The average molecular weight is 220 g/mol. The molecule has 1 aromatic rings. The van der Waals surface area contributed by atoms with Crippen molar-refractivity contribution in [2.24, 2.45) is 0 Å². The monoisotopic (exact) mass is 219 g/mol. The molecule has 13 heavy (non-hydrogen) atoms. The van der Waals surface area contributed by atoms with Gasteiger partial charge in [-0.15, -0.1) is 11.6 Å². The van der Waals surface area contributed by atoms with Gasteiger partial charge >= 0.3 is 0 Å². The van der Waals surface area contributed by atoms with E-state index >= 15 is 0 Å². The van der Waals surface area contributed by atoms with Crippen molar-refractivity contribution >= 4 is 21.6 Å². The molecule has 0 aliphatic carbocycles. The summed E-state index contributed by atoms with van der Waals surface area (Å²) in [4.78, 5) is 0.264. The van der Waals surface area contributed by atoms with Crippen LogP contribution in [0, 0.1) is 0 Å². The molecule has 0 unspecified atom stereocenters. The summed E-state index contributed by atoms with van der Waals surface area (Å²) in [6.45, 7) is 0.249. The van der Waals surface area contributed by atoms with Crippen LogP contribution in [0.4, 0.5) is 0 Å².